The zero-order chi connectivity index (χ0) is 13.8. The fourth-order valence-electron chi connectivity index (χ4n) is 2.05. The first-order chi connectivity index (χ1) is 9.13. The van der Waals surface area contributed by atoms with Gasteiger partial charge in [-0.3, -0.25) is 16.0 Å². The summed E-state index contributed by atoms with van der Waals surface area (Å²) in [7, 11) is 1.95. The molecule has 2 heterocycles. The van der Waals surface area contributed by atoms with Gasteiger partial charge in [-0.25, -0.2) is 4.98 Å². The molecule has 1 unspecified atom stereocenters. The molecule has 0 saturated carbocycles. The number of nitrogens with two attached hydrogens (primary N) is 1. The van der Waals surface area contributed by atoms with Crippen molar-refractivity contribution in [2.24, 2.45) is 12.9 Å². The van der Waals surface area contributed by atoms with E-state index in [0.29, 0.717) is 5.15 Å². The molecule has 0 aliphatic heterocycles. The van der Waals surface area contributed by atoms with Crippen LogP contribution in [0, 0.1) is 0 Å². The summed E-state index contributed by atoms with van der Waals surface area (Å²) in [6.07, 6.45) is 3.36. The molecule has 0 bridgehead atoms. The quantitative estimate of drug-likeness (QED) is 0.497. The van der Waals surface area contributed by atoms with Crippen LogP contribution < -0.4 is 11.3 Å². The Morgan fingerprint density at radius 1 is 1.47 bits per heavy atom. The number of nitrogens with zero attached hydrogens (tertiary/aromatic N) is 3. The molecule has 0 spiro atoms. The second kappa shape index (κ2) is 6.14. The fourth-order valence-corrected chi connectivity index (χ4v) is 2.23. The molecule has 0 amide bonds. The Bertz CT molecular complexity index is 552. The topological polar surface area (TPSA) is 68.8 Å². The van der Waals surface area contributed by atoms with Crippen LogP contribution >= 0.6 is 11.6 Å². The highest BCUT2D eigenvalue weighted by molar-refractivity contribution is 6.29. The third kappa shape index (κ3) is 3.32. The highest BCUT2D eigenvalue weighted by Gasteiger charge is 2.14. The minimum atomic E-state index is -0.0133. The van der Waals surface area contributed by atoms with Crippen molar-refractivity contribution >= 4 is 11.6 Å². The van der Waals surface area contributed by atoms with E-state index < -0.39 is 0 Å². The van der Waals surface area contributed by atoms with Crippen molar-refractivity contribution in [1.29, 1.82) is 0 Å². The molecule has 0 fully saturated rings. The van der Waals surface area contributed by atoms with Crippen molar-refractivity contribution in [3.05, 3.63) is 46.5 Å². The number of hydrogen-bond acceptors (Lipinski definition) is 4. The predicted octanol–water partition coefficient (Wildman–Crippen LogP) is 1.78. The van der Waals surface area contributed by atoms with Crippen LogP contribution in [-0.2, 0) is 19.9 Å². The second-order valence-corrected chi connectivity index (χ2v) is 4.83. The predicted molar refractivity (Wildman–Crippen MR) is 75.6 cm³/mol. The molecule has 102 valence electrons. The van der Waals surface area contributed by atoms with E-state index in [1.54, 1.807) is 6.20 Å². The van der Waals surface area contributed by atoms with Crippen LogP contribution in [0.1, 0.15) is 29.9 Å². The number of hydrogen-bond donors (Lipinski definition) is 2. The smallest absolute Gasteiger partial charge is 0.129 e. The van der Waals surface area contributed by atoms with Crippen LogP contribution in [0.5, 0.6) is 0 Å². The Labute approximate surface area is 117 Å². The average Bonchev–Trinajstić information content (AvgIpc) is 2.76. The van der Waals surface area contributed by atoms with E-state index in [0.717, 1.165) is 29.8 Å². The third-order valence-corrected chi connectivity index (χ3v) is 3.36. The van der Waals surface area contributed by atoms with Crippen LogP contribution in [0.3, 0.4) is 0 Å². The molecule has 5 nitrogen and oxygen atoms in total. The summed E-state index contributed by atoms with van der Waals surface area (Å²) in [5.74, 6) is 5.65. The number of halogens is 1. The molecule has 1 atom stereocenters. The van der Waals surface area contributed by atoms with Crippen molar-refractivity contribution in [2.75, 3.05) is 0 Å². The van der Waals surface area contributed by atoms with E-state index in [1.165, 1.54) is 0 Å². The standard InChI is InChI=1S/C13H18ClN5/c1-3-10-7-11(19(2)18-10)8-12(17-15)9-4-5-16-13(14)6-9/h4-7,12,17H,3,8,15H2,1-2H3. The van der Waals surface area contributed by atoms with Gasteiger partial charge in [-0.1, -0.05) is 18.5 Å². The van der Waals surface area contributed by atoms with Gasteiger partial charge in [0.15, 0.2) is 0 Å². The van der Waals surface area contributed by atoms with Gasteiger partial charge in [0.25, 0.3) is 0 Å². The van der Waals surface area contributed by atoms with Crippen LogP contribution in [0.25, 0.3) is 0 Å². The van der Waals surface area contributed by atoms with E-state index in [4.69, 9.17) is 17.4 Å². The van der Waals surface area contributed by atoms with Gasteiger partial charge in [0.05, 0.1) is 11.7 Å². The SMILES string of the molecule is CCc1cc(CC(NN)c2ccnc(Cl)c2)n(C)n1. The molecule has 2 aromatic rings. The van der Waals surface area contributed by atoms with Crippen molar-refractivity contribution in [2.45, 2.75) is 25.8 Å². The van der Waals surface area contributed by atoms with Crippen molar-refractivity contribution < 1.29 is 0 Å². The summed E-state index contributed by atoms with van der Waals surface area (Å²) in [5, 5.41) is 4.91. The Morgan fingerprint density at radius 3 is 2.84 bits per heavy atom. The van der Waals surface area contributed by atoms with Gasteiger partial charge in [-0.05, 0) is 30.2 Å². The number of nitrogens with one attached hydrogen (secondary N) is 1. The van der Waals surface area contributed by atoms with Crippen LogP contribution in [-0.4, -0.2) is 14.8 Å². The number of pyridine rings is 1. The molecule has 6 heteroatoms. The first kappa shape index (κ1) is 14.0. The van der Waals surface area contributed by atoms with E-state index >= 15 is 0 Å². The van der Waals surface area contributed by atoms with E-state index in [-0.39, 0.29) is 6.04 Å². The van der Waals surface area contributed by atoms with E-state index in [2.05, 4.69) is 28.5 Å². The summed E-state index contributed by atoms with van der Waals surface area (Å²) in [5.41, 5.74) is 6.05. The number of aromatic nitrogens is 3. The summed E-state index contributed by atoms with van der Waals surface area (Å²) in [4.78, 5) is 3.98. The number of aryl methyl sites for hydroxylation is 2. The maximum absolute atomic E-state index is 5.91. The molecule has 3 N–H and O–H groups in total. The van der Waals surface area contributed by atoms with E-state index in [9.17, 15) is 0 Å². The maximum Gasteiger partial charge on any atom is 0.129 e. The number of hydrazine groups is 1. The summed E-state index contributed by atoms with van der Waals surface area (Å²) in [6.45, 7) is 2.09. The molecule has 0 saturated heterocycles. The van der Waals surface area contributed by atoms with Crippen LogP contribution in [0.15, 0.2) is 24.4 Å². The maximum atomic E-state index is 5.91. The van der Waals surface area contributed by atoms with Gasteiger partial charge in [0.1, 0.15) is 5.15 Å². The molecule has 0 aromatic carbocycles. The minimum absolute atomic E-state index is 0.0133. The average molecular weight is 280 g/mol. The molecule has 19 heavy (non-hydrogen) atoms. The normalized spacial score (nSPS) is 12.6. The highest BCUT2D eigenvalue weighted by atomic mass is 35.5. The van der Waals surface area contributed by atoms with Gasteiger partial charge in [0.2, 0.25) is 0 Å². The van der Waals surface area contributed by atoms with Gasteiger partial charge >= 0.3 is 0 Å². The summed E-state index contributed by atoms with van der Waals surface area (Å²) in [6, 6.07) is 5.82. The molecular weight excluding hydrogens is 262 g/mol. The Balaban J connectivity index is 2.21. The molecule has 0 aliphatic carbocycles. The molecule has 0 radical (unpaired) electrons. The fraction of sp³-hybridized carbons (Fsp3) is 0.385. The lowest BCUT2D eigenvalue weighted by molar-refractivity contribution is 0.529. The van der Waals surface area contributed by atoms with Crippen molar-refractivity contribution in [1.82, 2.24) is 20.2 Å². The van der Waals surface area contributed by atoms with Crippen molar-refractivity contribution in [3.8, 4) is 0 Å². The molecule has 2 aromatic heterocycles. The molecular formula is C13H18ClN5. The first-order valence-electron chi connectivity index (χ1n) is 6.23. The molecule has 0 aliphatic rings. The monoisotopic (exact) mass is 279 g/mol. The van der Waals surface area contributed by atoms with E-state index in [1.807, 2.05) is 23.9 Å². The van der Waals surface area contributed by atoms with Crippen molar-refractivity contribution in [3.63, 3.8) is 0 Å². The lowest BCUT2D eigenvalue weighted by Crippen LogP contribution is -2.30. The van der Waals surface area contributed by atoms with Gasteiger partial charge in [0, 0.05) is 25.4 Å². The third-order valence-electron chi connectivity index (χ3n) is 3.16. The zero-order valence-electron chi connectivity index (χ0n) is 11.1. The highest BCUT2D eigenvalue weighted by Crippen LogP contribution is 2.20. The zero-order valence-corrected chi connectivity index (χ0v) is 11.9. The van der Waals surface area contributed by atoms with Gasteiger partial charge in [-0.2, -0.15) is 5.10 Å². The summed E-state index contributed by atoms with van der Waals surface area (Å²) >= 11 is 5.91. The van der Waals surface area contributed by atoms with Crippen LogP contribution in [0.4, 0.5) is 0 Å². The minimum Gasteiger partial charge on any atom is -0.272 e. The lowest BCUT2D eigenvalue weighted by atomic mass is 10.0. The lowest BCUT2D eigenvalue weighted by Gasteiger charge is -2.16. The van der Waals surface area contributed by atoms with Gasteiger partial charge < -0.3 is 0 Å². The second-order valence-electron chi connectivity index (χ2n) is 4.44. The Kier molecular flexibility index (Phi) is 4.52. The Hall–Kier alpha value is -1.43. The number of rotatable bonds is 5. The van der Waals surface area contributed by atoms with Crippen LogP contribution in [0.2, 0.25) is 5.15 Å². The largest absolute Gasteiger partial charge is 0.272 e. The molecule has 2 rings (SSSR count). The summed E-state index contributed by atoms with van der Waals surface area (Å²) < 4.78 is 1.89. The Morgan fingerprint density at radius 2 is 2.26 bits per heavy atom. The first-order valence-corrected chi connectivity index (χ1v) is 6.61. The van der Waals surface area contributed by atoms with Gasteiger partial charge in [-0.15, -0.1) is 0 Å².